The fourth-order valence-electron chi connectivity index (χ4n) is 6.85. The lowest BCUT2D eigenvalue weighted by Gasteiger charge is -1.85. The van der Waals surface area contributed by atoms with Crippen molar-refractivity contribution in [2.75, 3.05) is 0 Å². The van der Waals surface area contributed by atoms with E-state index >= 15 is 0 Å². The highest BCUT2D eigenvalue weighted by atomic mass is 16.2. The molecule has 0 aliphatic heterocycles. The summed E-state index contributed by atoms with van der Waals surface area (Å²) in [5, 5.41) is 23.4. The second-order valence-corrected chi connectivity index (χ2v) is 15.9. The van der Waals surface area contributed by atoms with Gasteiger partial charge in [-0.3, -0.25) is 27.7 Å². The topological polar surface area (TPSA) is 327 Å². The van der Waals surface area contributed by atoms with E-state index in [1.165, 1.54) is 65.4 Å². The zero-order chi connectivity index (χ0) is 54.9. The third-order valence-corrected chi connectivity index (χ3v) is 10.6. The first kappa shape index (κ1) is 52.0. The Labute approximate surface area is 428 Å². The minimum absolute atomic E-state index is 0.0394. The summed E-state index contributed by atoms with van der Waals surface area (Å²) in [7, 11) is 11.5. The van der Waals surface area contributed by atoms with E-state index in [1.807, 2.05) is 6.07 Å². The fourth-order valence-corrected chi connectivity index (χ4v) is 6.85. The van der Waals surface area contributed by atoms with Crippen molar-refractivity contribution in [3.05, 3.63) is 221 Å². The smallest absolute Gasteiger partial charge is 0.301 e. The molecule has 32 nitrogen and oxygen atoms in total. The van der Waals surface area contributed by atoms with Crippen LogP contribution in [0.1, 0.15) is 0 Å². The molecule has 0 aromatic carbocycles. The molecule has 0 fully saturated rings. The molecule has 0 radical (unpaired) electrons. The number of rotatable bonds is 0. The summed E-state index contributed by atoms with van der Waals surface area (Å²) in [6.45, 7) is 0. The van der Waals surface area contributed by atoms with Gasteiger partial charge in [-0.2, -0.15) is 19.8 Å². The summed E-state index contributed by atoms with van der Waals surface area (Å²) < 4.78 is 19.4. The zero-order valence-corrected chi connectivity index (χ0v) is 41.9. The molecule has 14 heterocycles. The van der Waals surface area contributed by atoms with E-state index in [2.05, 4.69) is 55.5 Å². The van der Waals surface area contributed by atoms with Crippen molar-refractivity contribution in [2.45, 2.75) is 0 Å². The van der Waals surface area contributed by atoms with Crippen LogP contribution >= 0.6 is 0 Å². The predicted octanol–water partition coefficient (Wildman–Crippen LogP) is -2.19. The van der Waals surface area contributed by atoms with Gasteiger partial charge in [-0.1, -0.05) is 6.07 Å². The Balaban J connectivity index is 0.000000119. The summed E-state index contributed by atoms with van der Waals surface area (Å²) in [6.07, 6.45) is 25.9. The first-order chi connectivity index (χ1) is 37.0. The second-order valence-electron chi connectivity index (χ2n) is 15.9. The molecule has 0 aliphatic carbocycles. The van der Waals surface area contributed by atoms with Gasteiger partial charge in [0, 0.05) is 130 Å². The molecule has 0 unspecified atom stereocenters. The lowest BCUT2D eigenvalue weighted by Crippen LogP contribution is -2.19. The maximum Gasteiger partial charge on any atom is 0.366 e. The van der Waals surface area contributed by atoms with Crippen molar-refractivity contribution >= 4 is 39.5 Å². The molecule has 0 amide bonds. The average Bonchev–Trinajstić information content (AvgIpc) is 4.30. The van der Waals surface area contributed by atoms with E-state index in [4.69, 9.17) is 0 Å². The fraction of sp³-hybridized carbons (Fsp3) is 0.156. The summed E-state index contributed by atoms with van der Waals surface area (Å²) in [5.74, 6) is 0.431. The molecular formula is C45H45N25O7. The van der Waals surface area contributed by atoms with Crippen LogP contribution in [0.4, 0.5) is 0 Å². The van der Waals surface area contributed by atoms with Crippen molar-refractivity contribution in [3.63, 3.8) is 0 Å². The Morgan fingerprint density at radius 2 is 0.870 bits per heavy atom. The van der Waals surface area contributed by atoms with Crippen LogP contribution in [0.2, 0.25) is 0 Å². The molecule has 0 saturated carbocycles. The van der Waals surface area contributed by atoms with Crippen molar-refractivity contribution in [2.24, 2.45) is 49.3 Å². The van der Waals surface area contributed by atoms with Gasteiger partial charge in [0.1, 0.15) is 6.33 Å². The molecule has 0 N–H and O–H groups in total. The van der Waals surface area contributed by atoms with Gasteiger partial charge in [-0.05, 0) is 36.4 Å². The molecule has 32 heteroatoms. The summed E-state index contributed by atoms with van der Waals surface area (Å²) >= 11 is 0. The summed E-state index contributed by atoms with van der Waals surface area (Å²) in [4.78, 5) is 97.7. The van der Waals surface area contributed by atoms with E-state index in [0.29, 0.717) is 34.0 Å². The highest BCUT2D eigenvalue weighted by Crippen LogP contribution is 1.97. The molecule has 14 rings (SSSR count). The van der Waals surface area contributed by atoms with Crippen LogP contribution in [0.3, 0.4) is 0 Å². The highest BCUT2D eigenvalue weighted by Gasteiger charge is 2.05. The highest BCUT2D eigenvalue weighted by molar-refractivity contribution is 5.41. The molecule has 14 aromatic heterocycles. The van der Waals surface area contributed by atoms with Gasteiger partial charge in [0.05, 0.1) is 24.1 Å². The number of imidazole rings is 2. The minimum Gasteiger partial charge on any atom is -0.301 e. The number of hydrogen-bond donors (Lipinski definition) is 0. The largest absolute Gasteiger partial charge is 0.366 e. The van der Waals surface area contributed by atoms with E-state index in [9.17, 15) is 33.6 Å². The van der Waals surface area contributed by atoms with Gasteiger partial charge in [-0.25, -0.2) is 85.1 Å². The Morgan fingerprint density at radius 1 is 0.351 bits per heavy atom. The van der Waals surface area contributed by atoms with Gasteiger partial charge in [0.2, 0.25) is 0 Å². The average molecular weight is 1050 g/mol. The monoisotopic (exact) mass is 1050 g/mol. The summed E-state index contributed by atoms with van der Waals surface area (Å²) in [5.41, 5.74) is 3.01. The predicted molar refractivity (Wildman–Crippen MR) is 274 cm³/mol. The van der Waals surface area contributed by atoms with Gasteiger partial charge in [0.15, 0.2) is 28.2 Å². The van der Waals surface area contributed by atoms with E-state index in [1.54, 1.807) is 189 Å². The molecule has 0 saturated heterocycles. The first-order valence-corrected chi connectivity index (χ1v) is 22.4. The van der Waals surface area contributed by atoms with Crippen molar-refractivity contribution in [1.29, 1.82) is 0 Å². The van der Waals surface area contributed by atoms with Crippen LogP contribution in [0.25, 0.3) is 39.5 Å². The molecule has 392 valence electrons. The van der Waals surface area contributed by atoms with Gasteiger partial charge >= 0.3 is 39.8 Å². The quantitative estimate of drug-likeness (QED) is 0.156. The SMILES string of the molecule is Cn1cc2cnccn2c1=O.Cn1cc2ncccn2c1=O.Cn1nc2ccccn2c1=O.Cn1nc2cccnn2c1=O.Cn1nc2ccncn2c1=O.Cn1nc2cnccn2c1=O.Cn1nc2ncccn2c1=O. The van der Waals surface area contributed by atoms with Crippen molar-refractivity contribution in [1.82, 2.24) is 119 Å². The Bertz CT molecular complexity index is 3930. The molecule has 0 atom stereocenters. The van der Waals surface area contributed by atoms with Crippen molar-refractivity contribution in [3.8, 4) is 0 Å². The van der Waals surface area contributed by atoms with Crippen LogP contribution in [-0.4, -0.2) is 119 Å². The third-order valence-electron chi connectivity index (χ3n) is 10.6. The molecule has 0 bridgehead atoms. The van der Waals surface area contributed by atoms with Crippen molar-refractivity contribution < 1.29 is 0 Å². The third kappa shape index (κ3) is 11.3. The molecule has 77 heavy (non-hydrogen) atoms. The normalized spacial score (nSPS) is 10.6. The van der Waals surface area contributed by atoms with Crippen LogP contribution in [0, 0.1) is 0 Å². The standard InChI is InChI=1S/3C7H7N3O.4C6H6N4O/c1-9-5-6-4-8-2-3-10(6)7(9)11;1-9-5-6-8-3-2-4-10(6)7(9)11;1-9-7(11)10-5-3-2-4-6(10)8-9;1-9-6(11)10-3-2-7-4-5(10)8-9;1-9-6(11)10-4-7-3-2-5(10)8-9;1-9-6(11)10-4-2-3-7-5(10)8-9;1-9-6(11)10-5(8-9)3-2-4-7-10/h3*2-5H,1H3;4*2-4H,1H3. The van der Waals surface area contributed by atoms with Gasteiger partial charge in [-0.15, -0.1) is 15.3 Å². The number of aryl methyl sites for hydroxylation is 7. The lowest BCUT2D eigenvalue weighted by atomic mass is 10.5. The maximum atomic E-state index is 11.2. The minimum atomic E-state index is -0.222. The van der Waals surface area contributed by atoms with E-state index in [-0.39, 0.29) is 39.8 Å². The van der Waals surface area contributed by atoms with Crippen LogP contribution in [-0.2, 0) is 49.3 Å². The first-order valence-electron chi connectivity index (χ1n) is 22.4. The maximum absolute atomic E-state index is 11.2. The van der Waals surface area contributed by atoms with E-state index in [0.717, 1.165) is 5.52 Å². The second kappa shape index (κ2) is 22.6. The Hall–Kier alpha value is -11.3. The molecule has 14 aromatic rings. The van der Waals surface area contributed by atoms with Crippen LogP contribution in [0.15, 0.2) is 181 Å². The van der Waals surface area contributed by atoms with E-state index < -0.39 is 0 Å². The number of fused-ring (bicyclic) bond motifs is 7. The van der Waals surface area contributed by atoms with Crippen LogP contribution < -0.4 is 39.8 Å². The Kier molecular flexibility index (Phi) is 15.3. The van der Waals surface area contributed by atoms with Gasteiger partial charge in [0.25, 0.3) is 5.78 Å². The molecule has 0 aliphatic rings. The molecular weight excluding hydrogens is 1000 g/mol. The number of hydrogen-bond acceptors (Lipinski definition) is 18. The number of pyridine rings is 1. The van der Waals surface area contributed by atoms with Crippen LogP contribution in [0.5, 0.6) is 0 Å². The molecule has 0 spiro atoms. The Morgan fingerprint density at radius 3 is 1.52 bits per heavy atom. The number of aromatic nitrogens is 25. The summed E-state index contributed by atoms with van der Waals surface area (Å²) in [6, 6.07) is 14.0. The number of nitrogens with zero attached hydrogens (tertiary/aromatic N) is 25. The zero-order valence-electron chi connectivity index (χ0n) is 41.9. The lowest BCUT2D eigenvalue weighted by molar-refractivity contribution is 0.717. The van der Waals surface area contributed by atoms with Gasteiger partial charge < -0.3 is 4.57 Å².